The van der Waals surface area contributed by atoms with Gasteiger partial charge in [-0.3, -0.25) is 4.79 Å². The van der Waals surface area contributed by atoms with Gasteiger partial charge in [-0.25, -0.2) is 0 Å². The standard InChI is InChI=1S/C34H50N2O3S.BrH/c1-4-5-6-7-8-9-10-11-12-13-14-17-23-39-34-29(20-18-22-32(34)38-3)24-33(37)35-31-21-16-15-19-30(31)26-36-25-28(2)40-27-36;/h15-16,18-22,25H,4-14,17,23-24,26-27H2,1-3H3,(H,35,37);1H. The normalized spacial score (nSPS) is 12.6. The summed E-state index contributed by atoms with van der Waals surface area (Å²) < 4.78 is 11.8. The minimum Gasteiger partial charge on any atom is -0.493 e. The van der Waals surface area contributed by atoms with Crippen molar-refractivity contribution in [3.8, 4) is 11.5 Å². The van der Waals surface area contributed by atoms with E-state index in [9.17, 15) is 4.79 Å². The zero-order chi connectivity index (χ0) is 28.4. The van der Waals surface area contributed by atoms with Crippen LogP contribution in [0.25, 0.3) is 0 Å². The first-order valence-electron chi connectivity index (χ1n) is 15.3. The molecule has 0 aromatic heterocycles. The number of halogens is 1. The summed E-state index contributed by atoms with van der Waals surface area (Å²) in [6, 6.07) is 13.8. The van der Waals surface area contributed by atoms with Gasteiger partial charge in [0.25, 0.3) is 0 Å². The van der Waals surface area contributed by atoms with Crippen molar-refractivity contribution in [1.82, 2.24) is 4.90 Å². The van der Waals surface area contributed by atoms with Gasteiger partial charge in [0.2, 0.25) is 5.91 Å². The fourth-order valence-corrected chi connectivity index (χ4v) is 5.88. The van der Waals surface area contributed by atoms with Gasteiger partial charge in [-0.05, 0) is 35.9 Å². The highest BCUT2D eigenvalue weighted by molar-refractivity contribution is 8.93. The van der Waals surface area contributed by atoms with Crippen LogP contribution in [0.4, 0.5) is 5.69 Å². The highest BCUT2D eigenvalue weighted by Gasteiger charge is 2.16. The van der Waals surface area contributed by atoms with Crippen LogP contribution in [-0.4, -0.2) is 30.4 Å². The maximum atomic E-state index is 13.1. The van der Waals surface area contributed by atoms with Gasteiger partial charge in [-0.15, -0.1) is 28.7 Å². The summed E-state index contributed by atoms with van der Waals surface area (Å²) in [7, 11) is 1.65. The van der Waals surface area contributed by atoms with E-state index >= 15 is 0 Å². The van der Waals surface area contributed by atoms with Crippen molar-refractivity contribution in [3.05, 3.63) is 64.7 Å². The number of nitrogens with zero attached hydrogens (tertiary/aromatic N) is 1. The largest absolute Gasteiger partial charge is 0.493 e. The molecule has 0 saturated carbocycles. The van der Waals surface area contributed by atoms with E-state index in [1.807, 2.05) is 48.2 Å². The Bertz CT molecular complexity index is 1060. The second-order valence-electron chi connectivity index (χ2n) is 10.8. The molecule has 0 saturated heterocycles. The van der Waals surface area contributed by atoms with E-state index < -0.39 is 0 Å². The summed E-state index contributed by atoms with van der Waals surface area (Å²) in [5, 5.41) is 3.14. The zero-order valence-corrected chi connectivity index (χ0v) is 28.0. The van der Waals surface area contributed by atoms with Crippen LogP contribution in [-0.2, 0) is 17.8 Å². The van der Waals surface area contributed by atoms with E-state index in [0.29, 0.717) is 18.1 Å². The molecule has 1 aliphatic rings. The molecule has 3 rings (SSSR count). The van der Waals surface area contributed by atoms with Gasteiger partial charge in [0.15, 0.2) is 11.5 Å². The fraction of sp³-hybridized carbons (Fsp3) is 0.559. The number of methoxy groups -OCH3 is 1. The summed E-state index contributed by atoms with van der Waals surface area (Å²) in [6.45, 7) is 5.81. The Labute approximate surface area is 263 Å². The molecule has 41 heavy (non-hydrogen) atoms. The quantitative estimate of drug-likeness (QED) is 0.145. The summed E-state index contributed by atoms with van der Waals surface area (Å²) in [5.74, 6) is 2.25. The molecule has 0 radical (unpaired) electrons. The third kappa shape index (κ3) is 13.2. The molecule has 0 spiro atoms. The zero-order valence-electron chi connectivity index (χ0n) is 25.4. The first-order chi connectivity index (χ1) is 19.6. The molecular weight excluding hydrogens is 596 g/mol. The van der Waals surface area contributed by atoms with Crippen LogP contribution in [0.3, 0.4) is 0 Å². The van der Waals surface area contributed by atoms with Gasteiger partial charge in [-0.2, -0.15) is 0 Å². The Balaban J connectivity index is 0.00000588. The topological polar surface area (TPSA) is 50.8 Å². The number of unbranched alkanes of at least 4 members (excludes halogenated alkanes) is 11. The van der Waals surface area contributed by atoms with Crippen molar-refractivity contribution in [1.29, 1.82) is 0 Å². The molecule has 5 nitrogen and oxygen atoms in total. The Kier molecular flexibility index (Phi) is 17.7. The second kappa shape index (κ2) is 20.7. The van der Waals surface area contributed by atoms with Crippen LogP contribution in [0.15, 0.2) is 53.6 Å². The average molecular weight is 648 g/mol. The van der Waals surface area contributed by atoms with Crippen molar-refractivity contribution < 1.29 is 14.3 Å². The van der Waals surface area contributed by atoms with E-state index in [4.69, 9.17) is 9.47 Å². The van der Waals surface area contributed by atoms with E-state index in [0.717, 1.165) is 35.7 Å². The van der Waals surface area contributed by atoms with Crippen molar-refractivity contribution in [2.24, 2.45) is 0 Å². The van der Waals surface area contributed by atoms with Crippen LogP contribution >= 0.6 is 28.7 Å². The Hall–Kier alpha value is -2.12. The van der Waals surface area contributed by atoms with Crippen LogP contribution in [0, 0.1) is 0 Å². The first kappa shape index (κ1) is 35.1. The molecule has 0 bridgehead atoms. The smallest absolute Gasteiger partial charge is 0.228 e. The van der Waals surface area contributed by atoms with Crippen molar-refractivity contribution in [2.45, 2.75) is 104 Å². The van der Waals surface area contributed by atoms with Gasteiger partial charge in [0, 0.05) is 24.0 Å². The molecule has 1 aliphatic heterocycles. The summed E-state index contributed by atoms with van der Waals surface area (Å²) in [6.07, 6.45) is 18.2. The molecule has 1 N–H and O–H groups in total. The molecule has 2 aromatic carbocycles. The van der Waals surface area contributed by atoms with Gasteiger partial charge in [-0.1, -0.05) is 108 Å². The monoisotopic (exact) mass is 646 g/mol. The number of hydrogen-bond acceptors (Lipinski definition) is 5. The SMILES string of the molecule is Br.CCCCCCCCCCCCCCOc1c(CC(=O)Nc2ccccc2CN2C=C(C)SC2)cccc1OC. The third-order valence-corrected chi connectivity index (χ3v) is 8.38. The third-order valence-electron chi connectivity index (χ3n) is 7.36. The van der Waals surface area contributed by atoms with Gasteiger partial charge in [0.1, 0.15) is 0 Å². The lowest BCUT2D eigenvalue weighted by molar-refractivity contribution is -0.115. The number of amides is 1. The highest BCUT2D eigenvalue weighted by Crippen LogP contribution is 2.32. The second-order valence-corrected chi connectivity index (χ2v) is 12.0. The summed E-state index contributed by atoms with van der Waals surface area (Å²) in [5.41, 5.74) is 2.82. The first-order valence-corrected chi connectivity index (χ1v) is 16.3. The van der Waals surface area contributed by atoms with Crippen LogP contribution in [0.2, 0.25) is 0 Å². The highest BCUT2D eigenvalue weighted by atomic mass is 79.9. The number of hydrogen-bond donors (Lipinski definition) is 1. The summed E-state index contributed by atoms with van der Waals surface area (Å²) in [4.78, 5) is 16.7. The van der Waals surface area contributed by atoms with E-state index in [2.05, 4.69) is 36.3 Å². The predicted molar refractivity (Wildman–Crippen MR) is 180 cm³/mol. The molecule has 0 unspecified atom stereocenters. The number of carbonyl (C=O) groups excluding carboxylic acids is 1. The molecule has 0 aliphatic carbocycles. The Morgan fingerprint density at radius 3 is 2.15 bits per heavy atom. The number of thioether (sulfide) groups is 1. The maximum Gasteiger partial charge on any atom is 0.228 e. The Morgan fingerprint density at radius 2 is 1.51 bits per heavy atom. The molecule has 0 fully saturated rings. The average Bonchev–Trinajstić information content (AvgIpc) is 3.37. The maximum absolute atomic E-state index is 13.1. The molecular formula is C34H51BrN2O3S. The molecule has 1 heterocycles. The van der Waals surface area contributed by atoms with Crippen molar-refractivity contribution in [3.63, 3.8) is 0 Å². The van der Waals surface area contributed by atoms with Crippen molar-refractivity contribution >= 4 is 40.3 Å². The number of para-hydroxylation sites is 2. The molecule has 0 atom stereocenters. The summed E-state index contributed by atoms with van der Waals surface area (Å²) >= 11 is 1.84. The van der Waals surface area contributed by atoms with Crippen LogP contribution in [0.1, 0.15) is 102 Å². The predicted octanol–water partition coefficient (Wildman–Crippen LogP) is 9.90. The van der Waals surface area contributed by atoms with Crippen LogP contribution in [0.5, 0.6) is 11.5 Å². The molecule has 228 valence electrons. The molecule has 1 amide bonds. The minimum absolute atomic E-state index is 0. The van der Waals surface area contributed by atoms with Crippen LogP contribution < -0.4 is 14.8 Å². The van der Waals surface area contributed by atoms with E-state index in [-0.39, 0.29) is 29.3 Å². The number of allylic oxidation sites excluding steroid dienone is 1. The van der Waals surface area contributed by atoms with E-state index in [1.54, 1.807) is 7.11 Å². The number of benzene rings is 2. The minimum atomic E-state index is -0.0570. The molecule has 2 aromatic rings. The fourth-order valence-electron chi connectivity index (χ4n) is 5.12. The lowest BCUT2D eigenvalue weighted by Crippen LogP contribution is -2.19. The Morgan fingerprint density at radius 1 is 0.878 bits per heavy atom. The number of carbonyl (C=O) groups is 1. The lowest BCUT2D eigenvalue weighted by Gasteiger charge is -2.18. The van der Waals surface area contributed by atoms with E-state index in [1.165, 1.54) is 75.5 Å². The molecule has 7 heteroatoms. The number of anilines is 1. The number of nitrogens with one attached hydrogen (secondary N) is 1. The van der Waals surface area contributed by atoms with Crippen molar-refractivity contribution in [2.75, 3.05) is 24.9 Å². The van der Waals surface area contributed by atoms with Gasteiger partial charge < -0.3 is 19.7 Å². The number of ether oxygens (including phenoxy) is 2. The lowest BCUT2D eigenvalue weighted by atomic mass is 10.1. The van der Waals surface area contributed by atoms with Gasteiger partial charge >= 0.3 is 0 Å². The number of rotatable bonds is 20. The van der Waals surface area contributed by atoms with Gasteiger partial charge in [0.05, 0.1) is 26.0 Å².